The SMILES string of the molecule is CC(C)C(C=O)N(C)C(C)C.CCC(C)C(C(CC=O)OC)N(C)C(=O)CC(C)C.CN.CNCCc1ccccc1C(=O)OC.COC(C(C)C=O)C1CCCN1C. The smallest absolute Gasteiger partial charge is 0.338 e. The van der Waals surface area contributed by atoms with Gasteiger partial charge >= 0.3 is 5.97 Å². The van der Waals surface area contributed by atoms with Gasteiger partial charge in [-0.15, -0.1) is 0 Å². The Morgan fingerprint density at radius 2 is 1.54 bits per heavy atom. The molecule has 7 unspecified atom stereocenters. The van der Waals surface area contributed by atoms with Crippen LogP contribution in [0.25, 0.3) is 0 Å². The number of carbonyl (C=O) groups excluding carboxylic acids is 5. The van der Waals surface area contributed by atoms with Gasteiger partial charge in [0.15, 0.2) is 0 Å². The lowest BCUT2D eigenvalue weighted by molar-refractivity contribution is -0.138. The fraction of sp³-hybridized carbons (Fsp3) is 0.761. The van der Waals surface area contributed by atoms with Crippen molar-refractivity contribution in [1.29, 1.82) is 0 Å². The molecule has 0 aliphatic carbocycles. The monoisotopic (exact) mass is 838 g/mol. The summed E-state index contributed by atoms with van der Waals surface area (Å²) in [6.07, 6.45) is 7.71. The normalized spacial score (nSPS) is 16.6. The first-order chi connectivity index (χ1) is 27.9. The van der Waals surface area contributed by atoms with Crippen molar-refractivity contribution in [2.45, 2.75) is 137 Å². The molecule has 1 amide bonds. The number of ether oxygens (including phenoxy) is 3. The summed E-state index contributed by atoms with van der Waals surface area (Å²) in [5, 5.41) is 3.05. The number of hydrogen-bond donors (Lipinski definition) is 2. The van der Waals surface area contributed by atoms with E-state index in [0.717, 1.165) is 56.8 Å². The first-order valence-electron chi connectivity index (χ1n) is 21.3. The lowest BCUT2D eigenvalue weighted by atomic mass is 9.91. The molecule has 1 heterocycles. The van der Waals surface area contributed by atoms with E-state index in [1.54, 1.807) is 25.2 Å². The Hall–Kier alpha value is -3.07. The maximum Gasteiger partial charge on any atom is 0.338 e. The summed E-state index contributed by atoms with van der Waals surface area (Å²) in [4.78, 5) is 61.8. The molecule has 2 rings (SSSR count). The van der Waals surface area contributed by atoms with Crippen LogP contribution in [0, 0.1) is 23.7 Å². The number of likely N-dealkylation sites (tertiary alicyclic amines) is 1. The van der Waals surface area contributed by atoms with Gasteiger partial charge in [-0.1, -0.05) is 73.1 Å². The molecule has 1 aromatic carbocycles. The molecular weight excluding hydrogens is 751 g/mol. The van der Waals surface area contributed by atoms with Crippen molar-refractivity contribution in [3.8, 4) is 0 Å². The van der Waals surface area contributed by atoms with Crippen LogP contribution in [0.3, 0.4) is 0 Å². The van der Waals surface area contributed by atoms with Gasteiger partial charge in [0.1, 0.15) is 18.9 Å². The Balaban J connectivity index is -0.000000711. The van der Waals surface area contributed by atoms with Gasteiger partial charge in [0.25, 0.3) is 0 Å². The molecule has 0 radical (unpaired) electrons. The van der Waals surface area contributed by atoms with E-state index < -0.39 is 0 Å². The highest BCUT2D eigenvalue weighted by Gasteiger charge is 2.33. The van der Waals surface area contributed by atoms with Crippen molar-refractivity contribution in [3.05, 3.63) is 35.4 Å². The molecule has 1 saturated heterocycles. The van der Waals surface area contributed by atoms with Crippen LogP contribution in [-0.2, 0) is 39.8 Å². The molecule has 0 bridgehead atoms. The van der Waals surface area contributed by atoms with Crippen LogP contribution in [0.2, 0.25) is 0 Å². The Kier molecular flexibility index (Phi) is 36.4. The van der Waals surface area contributed by atoms with E-state index >= 15 is 0 Å². The second-order valence-corrected chi connectivity index (χ2v) is 16.2. The molecule has 0 aromatic heterocycles. The number of likely N-dealkylation sites (N-methyl/N-ethyl adjacent to an activating group) is 4. The van der Waals surface area contributed by atoms with Crippen molar-refractivity contribution in [3.63, 3.8) is 0 Å². The lowest BCUT2D eigenvalue weighted by Gasteiger charge is -2.37. The number of esters is 1. The predicted octanol–water partition coefficient (Wildman–Crippen LogP) is 5.80. The highest BCUT2D eigenvalue weighted by atomic mass is 16.5. The van der Waals surface area contributed by atoms with E-state index in [1.165, 1.54) is 20.6 Å². The largest absolute Gasteiger partial charge is 0.465 e. The van der Waals surface area contributed by atoms with Crippen LogP contribution < -0.4 is 11.1 Å². The average molecular weight is 838 g/mol. The van der Waals surface area contributed by atoms with Crippen LogP contribution in [0.15, 0.2) is 24.3 Å². The zero-order valence-electron chi connectivity index (χ0n) is 40.2. The fourth-order valence-electron chi connectivity index (χ4n) is 6.89. The number of methoxy groups -OCH3 is 3. The van der Waals surface area contributed by atoms with E-state index in [-0.39, 0.29) is 42.1 Å². The third-order valence-corrected chi connectivity index (χ3v) is 10.8. The summed E-state index contributed by atoms with van der Waals surface area (Å²) < 4.78 is 15.5. The number of nitrogens with two attached hydrogens (primary N) is 1. The van der Waals surface area contributed by atoms with Gasteiger partial charge in [-0.05, 0) is 104 Å². The van der Waals surface area contributed by atoms with E-state index in [9.17, 15) is 24.0 Å². The number of carbonyl (C=O) groups is 5. The van der Waals surface area contributed by atoms with Gasteiger partial charge in [-0.3, -0.25) is 9.69 Å². The van der Waals surface area contributed by atoms with Crippen LogP contribution in [0.1, 0.15) is 110 Å². The minimum Gasteiger partial charge on any atom is -0.465 e. The van der Waals surface area contributed by atoms with E-state index in [2.05, 4.69) is 69.4 Å². The zero-order chi connectivity index (χ0) is 46.2. The van der Waals surface area contributed by atoms with Crippen molar-refractivity contribution >= 4 is 30.7 Å². The van der Waals surface area contributed by atoms with Gasteiger partial charge < -0.3 is 49.4 Å². The predicted molar refractivity (Wildman–Crippen MR) is 242 cm³/mol. The average Bonchev–Trinajstić information content (AvgIpc) is 3.65. The van der Waals surface area contributed by atoms with E-state index in [4.69, 9.17) is 14.2 Å². The zero-order valence-corrected chi connectivity index (χ0v) is 40.2. The van der Waals surface area contributed by atoms with Crippen molar-refractivity contribution in [1.82, 2.24) is 20.0 Å². The minimum atomic E-state index is -0.267. The summed E-state index contributed by atoms with van der Waals surface area (Å²) in [7, 11) is 14.0. The highest BCUT2D eigenvalue weighted by molar-refractivity contribution is 5.91. The maximum atomic E-state index is 12.2. The summed E-state index contributed by atoms with van der Waals surface area (Å²) in [5.74, 6) is 0.881. The van der Waals surface area contributed by atoms with E-state index in [1.807, 2.05) is 60.1 Å². The van der Waals surface area contributed by atoms with Crippen LogP contribution >= 0.6 is 0 Å². The number of rotatable bonds is 21. The molecule has 7 atom stereocenters. The quantitative estimate of drug-likeness (QED) is 0.113. The molecule has 0 saturated carbocycles. The Morgan fingerprint density at radius 1 is 0.949 bits per heavy atom. The third kappa shape index (κ3) is 23.5. The summed E-state index contributed by atoms with van der Waals surface area (Å²) in [6, 6.07) is 8.38. The number of amides is 1. The van der Waals surface area contributed by atoms with Gasteiger partial charge in [0, 0.05) is 52.1 Å². The Bertz CT molecular complexity index is 1250. The van der Waals surface area contributed by atoms with Crippen molar-refractivity contribution in [2.75, 3.05) is 69.7 Å². The molecule has 344 valence electrons. The third-order valence-electron chi connectivity index (χ3n) is 10.8. The topological polar surface area (TPSA) is 161 Å². The van der Waals surface area contributed by atoms with Crippen molar-refractivity contribution < 1.29 is 38.2 Å². The number of nitrogens with zero attached hydrogens (tertiary/aromatic N) is 3. The van der Waals surface area contributed by atoms with Crippen LogP contribution in [0.4, 0.5) is 0 Å². The first-order valence-corrected chi connectivity index (χ1v) is 21.3. The second-order valence-electron chi connectivity index (χ2n) is 16.2. The molecule has 0 spiro atoms. The summed E-state index contributed by atoms with van der Waals surface area (Å²) in [6.45, 7) is 20.5. The Labute approximate surface area is 359 Å². The van der Waals surface area contributed by atoms with E-state index in [0.29, 0.717) is 48.2 Å². The van der Waals surface area contributed by atoms with Gasteiger partial charge in [0.05, 0.1) is 37.0 Å². The Morgan fingerprint density at radius 3 is 1.92 bits per heavy atom. The van der Waals surface area contributed by atoms with Gasteiger partial charge in [0.2, 0.25) is 5.91 Å². The summed E-state index contributed by atoms with van der Waals surface area (Å²) >= 11 is 0. The van der Waals surface area contributed by atoms with Crippen LogP contribution in [-0.4, -0.2) is 151 Å². The maximum absolute atomic E-state index is 12.2. The molecule has 13 nitrogen and oxygen atoms in total. The highest BCUT2D eigenvalue weighted by Crippen LogP contribution is 2.24. The number of nitrogens with one attached hydrogen (secondary N) is 1. The second kappa shape index (κ2) is 35.7. The molecular formula is C46H87N5O8. The number of benzene rings is 1. The first kappa shape index (κ1) is 60.2. The minimum absolute atomic E-state index is 0.00412. The molecule has 3 N–H and O–H groups in total. The molecule has 13 heteroatoms. The summed E-state index contributed by atoms with van der Waals surface area (Å²) in [5.41, 5.74) is 6.18. The van der Waals surface area contributed by atoms with Gasteiger partial charge in [-0.2, -0.15) is 0 Å². The molecule has 1 fully saturated rings. The van der Waals surface area contributed by atoms with Crippen molar-refractivity contribution in [2.24, 2.45) is 29.4 Å². The molecule has 1 aromatic rings. The molecule has 1 aliphatic rings. The number of hydrogen-bond acceptors (Lipinski definition) is 12. The van der Waals surface area contributed by atoms with Crippen LogP contribution in [0.5, 0.6) is 0 Å². The number of aldehydes is 3. The standard InChI is InChI=1S/C15H29NO3.C11H15NO2.C10H19NO2.C9H19NO.CH5N/c1-7-12(4)15(13(19-6)8-9-17)16(5)14(18)10-11(2)3;1-12-8-7-9-5-3-4-6-10(9)11(13)14-2;1-8(7-12)10(13-3)9-5-4-6-11(9)2;1-7(2)9(6-11)10(5)8(3)4;1-2/h9,11-13,15H,7-8,10H2,1-6H3;3-6,12H,7-8H2,1-2H3;7-10H,4-6H2,1-3H3;6-9H,1-5H3;2H2,1H3. The lowest BCUT2D eigenvalue weighted by Crippen LogP contribution is -2.49. The van der Waals surface area contributed by atoms with Gasteiger partial charge in [-0.25, -0.2) is 4.79 Å². The molecule has 1 aliphatic heterocycles. The molecule has 59 heavy (non-hydrogen) atoms. The fourth-order valence-corrected chi connectivity index (χ4v) is 6.89.